The zero-order valence-corrected chi connectivity index (χ0v) is 15.5. The van der Waals surface area contributed by atoms with Gasteiger partial charge in [0.1, 0.15) is 0 Å². The lowest BCUT2D eigenvalue weighted by molar-refractivity contribution is -0.131. The van der Waals surface area contributed by atoms with Crippen LogP contribution in [0.4, 0.5) is 5.69 Å². The first-order chi connectivity index (χ1) is 12.1. The lowest BCUT2D eigenvalue weighted by Gasteiger charge is -2.36. The highest BCUT2D eigenvalue weighted by Gasteiger charge is 2.25. The number of hydrogen-bond donors (Lipinski definition) is 1. The molecule has 3 rings (SSSR count). The lowest BCUT2D eigenvalue weighted by atomic mass is 10.00. The summed E-state index contributed by atoms with van der Waals surface area (Å²) in [5, 5.41) is 3.55. The van der Waals surface area contributed by atoms with Crippen LogP contribution in [-0.4, -0.2) is 61.8 Å². The Hall–Kier alpha value is -1.59. The molecule has 0 bridgehead atoms. The smallest absolute Gasteiger partial charge is 0.223 e. The summed E-state index contributed by atoms with van der Waals surface area (Å²) in [6.07, 6.45) is 3.28. The van der Waals surface area contributed by atoms with Crippen LogP contribution in [0.25, 0.3) is 0 Å². The fourth-order valence-electron chi connectivity index (χ4n) is 3.97. The van der Waals surface area contributed by atoms with E-state index >= 15 is 0 Å². The average molecular weight is 345 g/mol. The van der Waals surface area contributed by atoms with Crippen molar-refractivity contribution in [2.75, 3.05) is 37.6 Å². The van der Waals surface area contributed by atoms with E-state index in [9.17, 15) is 4.79 Å². The summed E-state index contributed by atoms with van der Waals surface area (Å²) in [5.41, 5.74) is 1.25. The molecule has 0 aliphatic carbocycles. The second-order valence-corrected chi connectivity index (χ2v) is 7.33. The van der Waals surface area contributed by atoms with Gasteiger partial charge in [0.25, 0.3) is 0 Å². The quantitative estimate of drug-likeness (QED) is 0.889. The minimum absolute atomic E-state index is 0.272. The number of hydrogen-bond acceptors (Lipinski definition) is 4. The van der Waals surface area contributed by atoms with Crippen LogP contribution in [0.1, 0.15) is 33.1 Å². The molecule has 0 aromatic heterocycles. The van der Waals surface area contributed by atoms with Gasteiger partial charge in [-0.25, -0.2) is 0 Å². The maximum atomic E-state index is 12.5. The van der Waals surface area contributed by atoms with Crippen LogP contribution in [0, 0.1) is 0 Å². The van der Waals surface area contributed by atoms with Gasteiger partial charge < -0.3 is 19.9 Å². The number of piperazine rings is 1. The molecule has 2 unspecified atom stereocenters. The van der Waals surface area contributed by atoms with Crippen LogP contribution >= 0.6 is 0 Å². The van der Waals surface area contributed by atoms with E-state index in [1.165, 1.54) is 5.69 Å². The SMILES string of the molecule is CC1CC(NCCC(=O)N2CCN(c3ccccc3)CC2)CC(C)O1. The molecule has 0 saturated carbocycles. The van der Waals surface area contributed by atoms with Crippen molar-refractivity contribution < 1.29 is 9.53 Å². The predicted molar refractivity (Wildman–Crippen MR) is 101 cm³/mol. The summed E-state index contributed by atoms with van der Waals surface area (Å²) in [5.74, 6) is 0.272. The number of para-hydroxylation sites is 1. The van der Waals surface area contributed by atoms with E-state index in [2.05, 4.69) is 48.3 Å². The van der Waals surface area contributed by atoms with Crippen molar-refractivity contribution in [1.82, 2.24) is 10.2 Å². The Morgan fingerprint density at radius 2 is 1.72 bits per heavy atom. The van der Waals surface area contributed by atoms with Gasteiger partial charge >= 0.3 is 0 Å². The zero-order valence-electron chi connectivity index (χ0n) is 15.5. The van der Waals surface area contributed by atoms with Crippen molar-refractivity contribution in [3.63, 3.8) is 0 Å². The van der Waals surface area contributed by atoms with Gasteiger partial charge in [-0.2, -0.15) is 0 Å². The Labute approximate surface area is 151 Å². The third kappa shape index (κ3) is 5.19. The van der Waals surface area contributed by atoms with E-state index in [-0.39, 0.29) is 5.91 Å². The number of carbonyl (C=O) groups is 1. The highest BCUT2D eigenvalue weighted by Crippen LogP contribution is 2.19. The second kappa shape index (κ2) is 8.68. The molecule has 1 amide bonds. The Bertz CT molecular complexity index is 533. The monoisotopic (exact) mass is 345 g/mol. The number of carbonyl (C=O) groups excluding carboxylic acids is 1. The average Bonchev–Trinajstić information content (AvgIpc) is 2.62. The van der Waals surface area contributed by atoms with Gasteiger partial charge in [-0.05, 0) is 38.8 Å². The molecule has 5 nitrogen and oxygen atoms in total. The fourth-order valence-corrected chi connectivity index (χ4v) is 3.97. The van der Waals surface area contributed by atoms with Crippen molar-refractivity contribution in [2.24, 2.45) is 0 Å². The van der Waals surface area contributed by atoms with Gasteiger partial charge in [0, 0.05) is 50.9 Å². The first-order valence-corrected chi connectivity index (χ1v) is 9.58. The molecule has 138 valence electrons. The topological polar surface area (TPSA) is 44.8 Å². The third-order valence-corrected chi connectivity index (χ3v) is 5.22. The molecular formula is C20H31N3O2. The van der Waals surface area contributed by atoms with Crippen molar-refractivity contribution in [3.8, 4) is 0 Å². The van der Waals surface area contributed by atoms with Gasteiger partial charge in [0.15, 0.2) is 0 Å². The van der Waals surface area contributed by atoms with E-state index in [0.29, 0.717) is 24.7 Å². The number of amides is 1. The Morgan fingerprint density at radius 1 is 1.08 bits per heavy atom. The molecule has 2 heterocycles. The fraction of sp³-hybridized carbons (Fsp3) is 0.650. The minimum Gasteiger partial charge on any atom is -0.375 e. The van der Waals surface area contributed by atoms with Gasteiger partial charge in [-0.1, -0.05) is 18.2 Å². The zero-order chi connectivity index (χ0) is 17.6. The van der Waals surface area contributed by atoms with Crippen molar-refractivity contribution >= 4 is 11.6 Å². The maximum absolute atomic E-state index is 12.5. The van der Waals surface area contributed by atoms with Gasteiger partial charge in [-0.3, -0.25) is 4.79 Å². The molecule has 25 heavy (non-hydrogen) atoms. The van der Waals surface area contributed by atoms with Gasteiger partial charge in [0.05, 0.1) is 12.2 Å². The first-order valence-electron chi connectivity index (χ1n) is 9.58. The molecule has 0 spiro atoms. The summed E-state index contributed by atoms with van der Waals surface area (Å²) in [6, 6.07) is 10.9. The Balaban J connectivity index is 1.37. The molecule has 1 aromatic carbocycles. The minimum atomic E-state index is 0.272. The number of benzene rings is 1. The van der Waals surface area contributed by atoms with E-state index in [0.717, 1.165) is 45.6 Å². The molecular weight excluding hydrogens is 314 g/mol. The molecule has 2 saturated heterocycles. The van der Waals surface area contributed by atoms with Crippen LogP contribution in [0.2, 0.25) is 0 Å². The van der Waals surface area contributed by atoms with Crippen LogP contribution in [0.5, 0.6) is 0 Å². The van der Waals surface area contributed by atoms with E-state index in [1.54, 1.807) is 0 Å². The molecule has 2 fully saturated rings. The number of ether oxygens (including phenoxy) is 1. The normalized spacial score (nSPS) is 27.4. The summed E-state index contributed by atoms with van der Waals surface area (Å²) in [6.45, 7) is 8.49. The summed E-state index contributed by atoms with van der Waals surface area (Å²) in [4.78, 5) is 16.8. The Kier molecular flexibility index (Phi) is 6.32. The molecule has 1 aromatic rings. The van der Waals surface area contributed by atoms with Crippen LogP contribution in [0.15, 0.2) is 30.3 Å². The first kappa shape index (κ1) is 18.2. The van der Waals surface area contributed by atoms with Crippen LogP contribution < -0.4 is 10.2 Å². The van der Waals surface area contributed by atoms with E-state index < -0.39 is 0 Å². The molecule has 1 N–H and O–H groups in total. The standard InChI is InChI=1S/C20H31N3O2/c1-16-14-18(15-17(2)25-16)21-9-8-20(24)23-12-10-22(11-13-23)19-6-4-3-5-7-19/h3-7,16-18,21H,8-15H2,1-2H3. The largest absolute Gasteiger partial charge is 0.375 e. The Morgan fingerprint density at radius 3 is 2.36 bits per heavy atom. The number of anilines is 1. The van der Waals surface area contributed by atoms with Crippen molar-refractivity contribution in [2.45, 2.75) is 51.4 Å². The van der Waals surface area contributed by atoms with Crippen molar-refractivity contribution in [1.29, 1.82) is 0 Å². The molecule has 2 atom stereocenters. The molecule has 0 radical (unpaired) electrons. The van der Waals surface area contributed by atoms with Gasteiger partial charge in [-0.15, -0.1) is 0 Å². The summed E-state index contributed by atoms with van der Waals surface area (Å²) in [7, 11) is 0. The molecule has 2 aliphatic heterocycles. The van der Waals surface area contributed by atoms with Crippen molar-refractivity contribution in [3.05, 3.63) is 30.3 Å². The van der Waals surface area contributed by atoms with Gasteiger partial charge in [0.2, 0.25) is 5.91 Å². The van der Waals surface area contributed by atoms with Crippen LogP contribution in [0.3, 0.4) is 0 Å². The number of rotatable bonds is 5. The molecule has 5 heteroatoms. The maximum Gasteiger partial charge on any atom is 0.223 e. The number of nitrogens with one attached hydrogen (secondary N) is 1. The highest BCUT2D eigenvalue weighted by atomic mass is 16.5. The number of nitrogens with zero attached hydrogens (tertiary/aromatic N) is 2. The van der Waals surface area contributed by atoms with Crippen LogP contribution in [-0.2, 0) is 9.53 Å². The highest BCUT2D eigenvalue weighted by molar-refractivity contribution is 5.76. The summed E-state index contributed by atoms with van der Waals surface area (Å²) >= 11 is 0. The molecule has 2 aliphatic rings. The third-order valence-electron chi connectivity index (χ3n) is 5.22. The van der Waals surface area contributed by atoms with E-state index in [1.807, 2.05) is 11.0 Å². The predicted octanol–water partition coefficient (Wildman–Crippen LogP) is 2.27. The summed E-state index contributed by atoms with van der Waals surface area (Å²) < 4.78 is 5.77. The second-order valence-electron chi connectivity index (χ2n) is 7.33. The lowest BCUT2D eigenvalue weighted by Crippen LogP contribution is -2.49. The van der Waals surface area contributed by atoms with E-state index in [4.69, 9.17) is 4.74 Å².